The smallest absolute Gasteiger partial charge is 0.264 e. The molecular weight excluding hydrogens is 437 g/mol. The summed E-state index contributed by atoms with van der Waals surface area (Å²) in [5.41, 5.74) is 0.487. The summed E-state index contributed by atoms with van der Waals surface area (Å²) in [5, 5.41) is 13.7. The monoisotopic (exact) mass is 449 g/mol. The predicted molar refractivity (Wildman–Crippen MR) is 110 cm³/mol. The Labute approximate surface area is 175 Å². The Kier molecular flexibility index (Phi) is 5.88. The van der Waals surface area contributed by atoms with Gasteiger partial charge in [-0.15, -0.1) is 11.3 Å². The van der Waals surface area contributed by atoms with Crippen LogP contribution in [-0.2, 0) is 10.0 Å². The molecule has 1 heterocycles. The minimum atomic E-state index is -4.03. The molecule has 0 aliphatic heterocycles. The van der Waals surface area contributed by atoms with E-state index in [1.54, 1.807) is 11.4 Å². The summed E-state index contributed by atoms with van der Waals surface area (Å²) in [6, 6.07) is 12.2. The number of anilines is 2. The minimum absolute atomic E-state index is 0.0564. The van der Waals surface area contributed by atoms with E-state index >= 15 is 0 Å². The quantitative estimate of drug-likeness (QED) is 0.621. The van der Waals surface area contributed by atoms with Crippen LogP contribution in [-0.4, -0.2) is 21.4 Å². The second-order valence-corrected chi connectivity index (χ2v) is 9.11. The number of nitrogens with one attached hydrogen (secondary N) is 1. The molecule has 148 valence electrons. The van der Waals surface area contributed by atoms with E-state index in [1.807, 2.05) is 6.07 Å². The maximum absolute atomic E-state index is 13.1. The van der Waals surface area contributed by atoms with Gasteiger partial charge >= 0.3 is 0 Å². The van der Waals surface area contributed by atoms with Gasteiger partial charge in [0.05, 0.1) is 26.7 Å². The molecule has 0 aliphatic carbocycles. The maximum Gasteiger partial charge on any atom is 0.264 e. The van der Waals surface area contributed by atoms with Crippen molar-refractivity contribution in [3.05, 3.63) is 75.9 Å². The number of nitriles is 1. The second kappa shape index (κ2) is 8.21. The van der Waals surface area contributed by atoms with Crippen molar-refractivity contribution in [2.24, 2.45) is 0 Å². The number of carbonyl (C=O) groups is 1. The highest BCUT2D eigenvalue weighted by atomic mass is 35.5. The maximum atomic E-state index is 13.1. The summed E-state index contributed by atoms with van der Waals surface area (Å²) in [6.45, 7) is 0. The lowest BCUT2D eigenvalue weighted by Crippen LogP contribution is -2.27. The molecule has 0 fully saturated rings. The highest BCUT2D eigenvalue weighted by Gasteiger charge is 2.24. The number of halogens is 2. The van der Waals surface area contributed by atoms with Gasteiger partial charge in [0.1, 0.15) is 16.9 Å². The molecule has 6 nitrogen and oxygen atoms in total. The highest BCUT2D eigenvalue weighted by Crippen LogP contribution is 2.28. The highest BCUT2D eigenvalue weighted by molar-refractivity contribution is 7.92. The van der Waals surface area contributed by atoms with Gasteiger partial charge in [-0.2, -0.15) is 5.26 Å². The van der Waals surface area contributed by atoms with Gasteiger partial charge in [0.15, 0.2) is 0 Å². The molecule has 0 radical (unpaired) electrons. The zero-order valence-corrected chi connectivity index (χ0v) is 17.3. The fourth-order valence-corrected chi connectivity index (χ4v) is 4.61. The Balaban J connectivity index is 1.94. The average Bonchev–Trinajstić information content (AvgIpc) is 3.15. The van der Waals surface area contributed by atoms with Gasteiger partial charge < -0.3 is 5.32 Å². The van der Waals surface area contributed by atoms with E-state index in [4.69, 9.17) is 16.9 Å². The van der Waals surface area contributed by atoms with Crippen molar-refractivity contribution < 1.29 is 17.6 Å². The standard InChI is InChI=1S/C19H13ClFN3O3S2/c1-24(14-4-2-13(21)3-5-14)29(26,27)15-6-7-17(20)16(10-15)18(25)23-19-12(11-22)8-9-28-19/h2-10H,1H3,(H,23,25). The van der Waals surface area contributed by atoms with Crippen LogP contribution in [0.15, 0.2) is 58.8 Å². The first kappa shape index (κ1) is 20.8. The SMILES string of the molecule is CN(c1ccc(F)cc1)S(=O)(=O)c1ccc(Cl)c(C(=O)Nc2sccc2C#N)c1. The molecule has 0 bridgehead atoms. The van der Waals surface area contributed by atoms with Gasteiger partial charge in [-0.1, -0.05) is 11.6 Å². The molecule has 29 heavy (non-hydrogen) atoms. The van der Waals surface area contributed by atoms with Gasteiger partial charge in [-0.05, 0) is 53.9 Å². The van der Waals surface area contributed by atoms with Crippen molar-refractivity contribution in [2.45, 2.75) is 4.90 Å². The first-order chi connectivity index (χ1) is 13.7. The van der Waals surface area contributed by atoms with E-state index in [9.17, 15) is 17.6 Å². The average molecular weight is 450 g/mol. The topological polar surface area (TPSA) is 90.3 Å². The number of sulfonamides is 1. The van der Waals surface area contributed by atoms with Crippen LogP contribution in [0.5, 0.6) is 0 Å². The molecule has 0 aliphatic rings. The molecule has 1 aromatic heterocycles. The van der Waals surface area contributed by atoms with Gasteiger partial charge in [0.25, 0.3) is 15.9 Å². The third kappa shape index (κ3) is 4.24. The minimum Gasteiger partial charge on any atom is -0.312 e. The lowest BCUT2D eigenvalue weighted by atomic mass is 10.2. The van der Waals surface area contributed by atoms with Crippen LogP contribution in [0.1, 0.15) is 15.9 Å². The van der Waals surface area contributed by atoms with Crippen LogP contribution in [0.4, 0.5) is 15.1 Å². The Bertz CT molecular complexity index is 1220. The van der Waals surface area contributed by atoms with E-state index in [1.165, 1.54) is 31.3 Å². The largest absolute Gasteiger partial charge is 0.312 e. The Morgan fingerprint density at radius 1 is 1.21 bits per heavy atom. The van der Waals surface area contributed by atoms with Crippen LogP contribution in [0.25, 0.3) is 0 Å². The molecule has 3 aromatic rings. The number of nitrogens with zero attached hydrogens (tertiary/aromatic N) is 2. The lowest BCUT2D eigenvalue weighted by Gasteiger charge is -2.20. The molecule has 10 heteroatoms. The van der Waals surface area contributed by atoms with Crippen molar-refractivity contribution in [3.63, 3.8) is 0 Å². The second-order valence-electron chi connectivity index (χ2n) is 5.82. The Morgan fingerprint density at radius 2 is 1.90 bits per heavy atom. The third-order valence-corrected chi connectivity index (χ3v) is 6.98. The molecule has 0 spiro atoms. The Morgan fingerprint density at radius 3 is 2.55 bits per heavy atom. The van der Waals surface area contributed by atoms with Crippen molar-refractivity contribution in [1.82, 2.24) is 0 Å². The number of hydrogen-bond acceptors (Lipinski definition) is 5. The van der Waals surface area contributed by atoms with Crippen LogP contribution in [0, 0.1) is 17.1 Å². The van der Waals surface area contributed by atoms with E-state index < -0.39 is 21.7 Å². The van der Waals surface area contributed by atoms with Gasteiger partial charge in [-0.25, -0.2) is 12.8 Å². The van der Waals surface area contributed by atoms with Crippen LogP contribution in [0.3, 0.4) is 0 Å². The lowest BCUT2D eigenvalue weighted by molar-refractivity contribution is 0.102. The summed E-state index contributed by atoms with van der Waals surface area (Å²) >= 11 is 7.26. The zero-order valence-electron chi connectivity index (χ0n) is 14.9. The fourth-order valence-electron chi connectivity index (χ4n) is 2.45. The van der Waals surface area contributed by atoms with E-state index in [2.05, 4.69) is 5.32 Å². The summed E-state index contributed by atoms with van der Waals surface area (Å²) in [4.78, 5) is 12.4. The van der Waals surface area contributed by atoms with Gasteiger partial charge in [0, 0.05) is 7.05 Å². The van der Waals surface area contributed by atoms with Crippen LogP contribution >= 0.6 is 22.9 Å². The summed E-state index contributed by atoms with van der Waals surface area (Å²) in [7, 11) is -2.71. The number of carbonyl (C=O) groups excluding carboxylic acids is 1. The number of amides is 1. The Hall–Kier alpha value is -2.93. The van der Waals surface area contributed by atoms with E-state index in [0.717, 1.165) is 33.8 Å². The van der Waals surface area contributed by atoms with E-state index in [-0.39, 0.29) is 21.2 Å². The van der Waals surface area contributed by atoms with Crippen molar-refractivity contribution >= 4 is 49.6 Å². The van der Waals surface area contributed by atoms with Gasteiger partial charge in [-0.3, -0.25) is 9.10 Å². The summed E-state index contributed by atoms with van der Waals surface area (Å²) in [5.74, 6) is -1.13. The molecule has 2 aromatic carbocycles. The zero-order chi connectivity index (χ0) is 21.2. The van der Waals surface area contributed by atoms with Crippen molar-refractivity contribution in [2.75, 3.05) is 16.7 Å². The number of benzene rings is 2. The molecule has 1 N–H and O–H groups in total. The van der Waals surface area contributed by atoms with Crippen molar-refractivity contribution in [3.8, 4) is 6.07 Å². The third-order valence-electron chi connectivity index (χ3n) is 4.04. The molecule has 0 saturated carbocycles. The number of thiophene rings is 1. The molecular formula is C19H13ClFN3O3S2. The number of hydrogen-bond donors (Lipinski definition) is 1. The molecule has 0 saturated heterocycles. The van der Waals surface area contributed by atoms with E-state index in [0.29, 0.717) is 10.6 Å². The van der Waals surface area contributed by atoms with Gasteiger partial charge in [0.2, 0.25) is 0 Å². The molecule has 1 amide bonds. The summed E-state index contributed by atoms with van der Waals surface area (Å²) < 4.78 is 40.0. The molecule has 3 rings (SSSR count). The van der Waals surface area contributed by atoms with Crippen molar-refractivity contribution in [1.29, 1.82) is 5.26 Å². The summed E-state index contributed by atoms with van der Waals surface area (Å²) in [6.07, 6.45) is 0. The first-order valence-electron chi connectivity index (χ1n) is 8.07. The normalized spacial score (nSPS) is 11.0. The molecule has 0 unspecified atom stereocenters. The fraction of sp³-hybridized carbons (Fsp3) is 0.0526. The predicted octanol–water partition coefficient (Wildman–Crippen LogP) is 4.49. The van der Waals surface area contributed by atoms with Crippen LogP contribution < -0.4 is 9.62 Å². The molecule has 0 atom stereocenters. The number of rotatable bonds is 5. The first-order valence-corrected chi connectivity index (χ1v) is 10.8. The van der Waals surface area contributed by atoms with Crippen LogP contribution in [0.2, 0.25) is 5.02 Å².